The molecule has 0 bridgehead atoms. The highest BCUT2D eigenvalue weighted by Crippen LogP contribution is 2.29. The maximum Gasteiger partial charge on any atom is 0.140 e. The van der Waals surface area contributed by atoms with Gasteiger partial charge in [0.15, 0.2) is 0 Å². The van der Waals surface area contributed by atoms with Crippen molar-refractivity contribution in [3.05, 3.63) is 23.3 Å². The summed E-state index contributed by atoms with van der Waals surface area (Å²) in [6.45, 7) is 4.47. The molecule has 0 N–H and O–H groups in total. The van der Waals surface area contributed by atoms with Gasteiger partial charge in [-0.05, 0) is 37.5 Å². The molecule has 0 saturated heterocycles. The van der Waals surface area contributed by atoms with Gasteiger partial charge in [0.2, 0.25) is 0 Å². The number of allylic oxidation sites excluding steroid dienone is 4. The highest BCUT2D eigenvalue weighted by atomic mass is 16.1. The van der Waals surface area contributed by atoms with Crippen LogP contribution in [0.25, 0.3) is 0 Å². The summed E-state index contributed by atoms with van der Waals surface area (Å²) < 4.78 is 0. The Bertz CT molecular complexity index is 303. The molecular formula is C15H22O. The smallest absolute Gasteiger partial charge is 0.140 e. The van der Waals surface area contributed by atoms with Gasteiger partial charge in [-0.15, -0.1) is 0 Å². The Morgan fingerprint density at radius 1 is 1.06 bits per heavy atom. The van der Waals surface area contributed by atoms with Crippen molar-refractivity contribution in [2.75, 3.05) is 0 Å². The maximum absolute atomic E-state index is 11.9. The summed E-state index contributed by atoms with van der Waals surface area (Å²) in [5.74, 6) is 1.79. The second-order valence-corrected chi connectivity index (χ2v) is 5.57. The summed E-state index contributed by atoms with van der Waals surface area (Å²) in [6.07, 6.45) is 10.8. The predicted octanol–water partition coefficient (Wildman–Crippen LogP) is 4.05. The lowest BCUT2D eigenvalue weighted by molar-refractivity contribution is -0.117. The van der Waals surface area contributed by atoms with Crippen molar-refractivity contribution in [3.63, 3.8) is 0 Å². The molecule has 0 aromatic rings. The van der Waals surface area contributed by atoms with Gasteiger partial charge in [0.25, 0.3) is 0 Å². The Labute approximate surface area is 98.6 Å². The van der Waals surface area contributed by atoms with Crippen molar-refractivity contribution in [3.8, 4) is 0 Å². The largest absolute Gasteiger partial charge is 0.299 e. The monoisotopic (exact) mass is 218 g/mol. The second-order valence-electron chi connectivity index (χ2n) is 5.57. The minimum absolute atomic E-state index is 0.417. The van der Waals surface area contributed by atoms with Gasteiger partial charge in [-0.25, -0.2) is 0 Å². The van der Waals surface area contributed by atoms with E-state index in [1.165, 1.54) is 24.0 Å². The zero-order valence-electron chi connectivity index (χ0n) is 10.5. The topological polar surface area (TPSA) is 17.1 Å². The van der Waals surface area contributed by atoms with E-state index in [2.05, 4.69) is 26.0 Å². The van der Waals surface area contributed by atoms with E-state index in [9.17, 15) is 4.79 Å². The Morgan fingerprint density at radius 3 is 1.81 bits per heavy atom. The van der Waals surface area contributed by atoms with E-state index in [0.29, 0.717) is 30.5 Å². The molecule has 0 aliphatic heterocycles. The van der Waals surface area contributed by atoms with Crippen LogP contribution in [0.2, 0.25) is 0 Å². The standard InChI is InChI=1S/C15H22O/c1-11-3-5-13(7-11)9-15(16)10-14-6-4-12(2)8-14/h7-8,11-12H,3-6,9-10H2,1-2H3. The first kappa shape index (κ1) is 11.6. The van der Waals surface area contributed by atoms with Gasteiger partial charge < -0.3 is 0 Å². The van der Waals surface area contributed by atoms with Gasteiger partial charge >= 0.3 is 0 Å². The molecule has 2 atom stereocenters. The SMILES string of the molecule is CC1C=C(CC(=O)CC2=CC(C)CC2)CC1. The van der Waals surface area contributed by atoms with E-state index in [0.717, 1.165) is 12.8 Å². The Balaban J connectivity index is 1.81. The quantitative estimate of drug-likeness (QED) is 0.651. The normalized spacial score (nSPS) is 29.1. The van der Waals surface area contributed by atoms with Crippen molar-refractivity contribution < 1.29 is 4.79 Å². The summed E-state index contributed by atoms with van der Waals surface area (Å²) in [4.78, 5) is 11.9. The fourth-order valence-electron chi connectivity index (χ4n) is 2.83. The third kappa shape index (κ3) is 3.07. The fraction of sp³-hybridized carbons (Fsp3) is 0.667. The molecule has 1 heteroatoms. The molecule has 0 spiro atoms. The van der Waals surface area contributed by atoms with Crippen LogP contribution < -0.4 is 0 Å². The molecule has 0 amide bonds. The van der Waals surface area contributed by atoms with Crippen molar-refractivity contribution in [1.82, 2.24) is 0 Å². The third-order valence-corrected chi connectivity index (χ3v) is 3.73. The lowest BCUT2D eigenvalue weighted by atomic mass is 10.0. The molecule has 0 fully saturated rings. The van der Waals surface area contributed by atoms with Gasteiger partial charge in [0, 0.05) is 12.8 Å². The molecule has 16 heavy (non-hydrogen) atoms. The third-order valence-electron chi connectivity index (χ3n) is 3.73. The molecule has 2 aliphatic carbocycles. The molecule has 88 valence electrons. The van der Waals surface area contributed by atoms with Crippen molar-refractivity contribution in [1.29, 1.82) is 0 Å². The molecule has 0 aromatic heterocycles. The van der Waals surface area contributed by atoms with Gasteiger partial charge in [-0.3, -0.25) is 4.79 Å². The van der Waals surface area contributed by atoms with Crippen LogP contribution >= 0.6 is 0 Å². The summed E-state index contributed by atoms with van der Waals surface area (Å²) in [5.41, 5.74) is 2.76. The average Bonchev–Trinajstić information content (AvgIpc) is 2.76. The second kappa shape index (κ2) is 4.99. The van der Waals surface area contributed by atoms with Gasteiger partial charge in [-0.1, -0.05) is 37.1 Å². The Morgan fingerprint density at radius 2 is 1.50 bits per heavy atom. The van der Waals surface area contributed by atoms with Crippen LogP contribution in [-0.4, -0.2) is 5.78 Å². The van der Waals surface area contributed by atoms with Gasteiger partial charge in [0.1, 0.15) is 5.78 Å². The molecule has 0 radical (unpaired) electrons. The van der Waals surface area contributed by atoms with Crippen LogP contribution in [0.15, 0.2) is 23.3 Å². The lowest BCUT2D eigenvalue weighted by Crippen LogP contribution is -2.00. The highest BCUT2D eigenvalue weighted by molar-refractivity contribution is 5.83. The summed E-state index contributed by atoms with van der Waals surface area (Å²) in [5, 5.41) is 0. The number of hydrogen-bond acceptors (Lipinski definition) is 1. The number of carbonyl (C=O) groups excluding carboxylic acids is 1. The van der Waals surface area contributed by atoms with Gasteiger partial charge in [0.05, 0.1) is 0 Å². The van der Waals surface area contributed by atoms with E-state index in [4.69, 9.17) is 0 Å². The summed E-state index contributed by atoms with van der Waals surface area (Å²) >= 11 is 0. The van der Waals surface area contributed by atoms with Crippen LogP contribution in [0.4, 0.5) is 0 Å². The Kier molecular flexibility index (Phi) is 3.63. The number of rotatable bonds is 4. The summed E-state index contributed by atoms with van der Waals surface area (Å²) in [6, 6.07) is 0. The fourth-order valence-corrected chi connectivity index (χ4v) is 2.83. The highest BCUT2D eigenvalue weighted by Gasteiger charge is 2.17. The van der Waals surface area contributed by atoms with Crippen LogP contribution in [0.5, 0.6) is 0 Å². The first-order valence-corrected chi connectivity index (χ1v) is 6.54. The first-order chi connectivity index (χ1) is 7.63. The molecule has 2 aliphatic rings. The van der Waals surface area contributed by atoms with Crippen molar-refractivity contribution in [2.24, 2.45) is 11.8 Å². The predicted molar refractivity (Wildman–Crippen MR) is 67.2 cm³/mol. The molecule has 0 saturated carbocycles. The van der Waals surface area contributed by atoms with Gasteiger partial charge in [-0.2, -0.15) is 0 Å². The Hall–Kier alpha value is -0.850. The van der Waals surface area contributed by atoms with Crippen LogP contribution in [0.1, 0.15) is 52.4 Å². The molecule has 2 unspecified atom stereocenters. The van der Waals surface area contributed by atoms with E-state index < -0.39 is 0 Å². The zero-order chi connectivity index (χ0) is 11.5. The average molecular weight is 218 g/mol. The maximum atomic E-state index is 11.9. The lowest BCUT2D eigenvalue weighted by Gasteiger charge is -2.02. The van der Waals surface area contributed by atoms with Crippen molar-refractivity contribution in [2.45, 2.75) is 52.4 Å². The summed E-state index contributed by atoms with van der Waals surface area (Å²) in [7, 11) is 0. The molecular weight excluding hydrogens is 196 g/mol. The number of Topliss-reactive ketones (excluding diaryl/α,β-unsaturated/α-hetero) is 1. The van der Waals surface area contributed by atoms with E-state index in [1.807, 2.05) is 0 Å². The number of carbonyl (C=O) groups is 1. The minimum atomic E-state index is 0.417. The number of ketones is 1. The van der Waals surface area contributed by atoms with Crippen molar-refractivity contribution >= 4 is 5.78 Å². The number of hydrogen-bond donors (Lipinski definition) is 0. The van der Waals surface area contributed by atoms with Crippen LogP contribution in [0.3, 0.4) is 0 Å². The van der Waals surface area contributed by atoms with E-state index in [1.54, 1.807) is 0 Å². The molecule has 0 aromatic carbocycles. The minimum Gasteiger partial charge on any atom is -0.299 e. The molecule has 2 rings (SSSR count). The van der Waals surface area contributed by atoms with E-state index in [-0.39, 0.29) is 0 Å². The van der Waals surface area contributed by atoms with Crippen LogP contribution in [-0.2, 0) is 4.79 Å². The molecule has 0 heterocycles. The first-order valence-electron chi connectivity index (χ1n) is 6.54. The van der Waals surface area contributed by atoms with Crippen LogP contribution in [0, 0.1) is 11.8 Å². The zero-order valence-corrected chi connectivity index (χ0v) is 10.5. The van der Waals surface area contributed by atoms with E-state index >= 15 is 0 Å². The molecule has 1 nitrogen and oxygen atoms in total.